The van der Waals surface area contributed by atoms with E-state index in [2.05, 4.69) is 5.32 Å². The number of Topliss-reactive ketones (excluding diaryl/α,β-unsaturated/α-hetero) is 1. The number of hydrogen-bond acceptors (Lipinski definition) is 3. The van der Waals surface area contributed by atoms with Crippen LogP contribution in [0.2, 0.25) is 5.02 Å². The molecule has 2 aromatic carbocycles. The van der Waals surface area contributed by atoms with Crippen molar-refractivity contribution in [2.24, 2.45) is 0 Å². The summed E-state index contributed by atoms with van der Waals surface area (Å²) < 4.78 is 18.9. The molecule has 0 bridgehead atoms. The van der Waals surface area contributed by atoms with E-state index < -0.39 is 11.7 Å². The van der Waals surface area contributed by atoms with Gasteiger partial charge in [0.1, 0.15) is 11.6 Å². The van der Waals surface area contributed by atoms with Crippen LogP contribution in [0.15, 0.2) is 36.4 Å². The molecule has 0 heterocycles. The third-order valence-corrected chi connectivity index (χ3v) is 3.36. The quantitative estimate of drug-likeness (QED) is 0.868. The summed E-state index contributed by atoms with van der Waals surface area (Å²) in [5.74, 6) is -1.26. The molecular formula is C16H13ClFNO3. The van der Waals surface area contributed by atoms with Crippen molar-refractivity contribution in [1.29, 1.82) is 0 Å². The molecule has 0 atom stereocenters. The molecule has 0 aromatic heterocycles. The van der Waals surface area contributed by atoms with Gasteiger partial charge in [0.15, 0.2) is 5.78 Å². The van der Waals surface area contributed by atoms with E-state index in [1.807, 2.05) is 0 Å². The number of amides is 1. The first-order valence-corrected chi connectivity index (χ1v) is 6.76. The highest BCUT2D eigenvalue weighted by molar-refractivity contribution is 6.34. The van der Waals surface area contributed by atoms with Crippen LogP contribution in [0.5, 0.6) is 5.75 Å². The van der Waals surface area contributed by atoms with Crippen molar-refractivity contribution in [2.75, 3.05) is 12.4 Å². The molecule has 0 aliphatic carbocycles. The highest BCUT2D eigenvalue weighted by atomic mass is 35.5. The molecule has 0 aliphatic heterocycles. The number of nitrogens with one attached hydrogen (secondary N) is 1. The SMILES string of the molecule is COc1ccc(C(C)=O)cc1NC(=O)c1c(F)cccc1Cl. The predicted molar refractivity (Wildman–Crippen MR) is 82.4 cm³/mol. The lowest BCUT2D eigenvalue weighted by Crippen LogP contribution is -2.15. The minimum absolute atomic E-state index is 0.000751. The first-order valence-electron chi connectivity index (χ1n) is 6.38. The number of halogens is 2. The number of anilines is 1. The first kappa shape index (κ1) is 16.0. The van der Waals surface area contributed by atoms with E-state index >= 15 is 0 Å². The maximum absolute atomic E-state index is 13.8. The van der Waals surface area contributed by atoms with Crippen LogP contribution in [0, 0.1) is 5.82 Å². The normalized spacial score (nSPS) is 10.2. The van der Waals surface area contributed by atoms with Gasteiger partial charge < -0.3 is 10.1 Å². The van der Waals surface area contributed by atoms with Crippen molar-refractivity contribution in [3.8, 4) is 5.75 Å². The smallest absolute Gasteiger partial charge is 0.260 e. The molecule has 0 aliphatic rings. The Morgan fingerprint density at radius 3 is 2.55 bits per heavy atom. The summed E-state index contributed by atoms with van der Waals surface area (Å²) >= 11 is 5.86. The number of carbonyl (C=O) groups is 2. The Hall–Kier alpha value is -2.40. The van der Waals surface area contributed by atoms with Crippen molar-refractivity contribution in [1.82, 2.24) is 0 Å². The number of benzene rings is 2. The Bertz CT molecular complexity index is 726. The van der Waals surface area contributed by atoms with Gasteiger partial charge in [-0.05, 0) is 37.3 Å². The Labute approximate surface area is 131 Å². The molecular weight excluding hydrogens is 309 g/mol. The number of carbonyl (C=O) groups excluding carboxylic acids is 2. The fourth-order valence-electron chi connectivity index (χ4n) is 1.92. The zero-order chi connectivity index (χ0) is 16.3. The molecule has 0 spiro atoms. The third-order valence-electron chi connectivity index (χ3n) is 3.04. The standard InChI is InChI=1S/C16H13ClFNO3/c1-9(20)10-6-7-14(22-2)13(8-10)19-16(21)15-11(17)4-3-5-12(15)18/h3-8H,1-2H3,(H,19,21). The summed E-state index contributed by atoms with van der Waals surface area (Å²) in [5.41, 5.74) is 0.398. The average molecular weight is 322 g/mol. The maximum Gasteiger partial charge on any atom is 0.260 e. The van der Waals surface area contributed by atoms with Crippen LogP contribution >= 0.6 is 11.6 Å². The second-order valence-corrected chi connectivity index (χ2v) is 4.93. The van der Waals surface area contributed by atoms with Gasteiger partial charge in [-0.15, -0.1) is 0 Å². The molecule has 0 saturated heterocycles. The van der Waals surface area contributed by atoms with E-state index in [0.29, 0.717) is 11.3 Å². The van der Waals surface area contributed by atoms with Crippen LogP contribution in [-0.4, -0.2) is 18.8 Å². The van der Waals surface area contributed by atoms with Crippen LogP contribution in [0.1, 0.15) is 27.6 Å². The molecule has 2 rings (SSSR count). The van der Waals surface area contributed by atoms with Gasteiger partial charge in [-0.3, -0.25) is 9.59 Å². The minimum atomic E-state index is -0.730. The molecule has 2 aromatic rings. The molecule has 0 unspecified atom stereocenters. The van der Waals surface area contributed by atoms with Gasteiger partial charge >= 0.3 is 0 Å². The lowest BCUT2D eigenvalue weighted by molar-refractivity contribution is 0.100. The van der Waals surface area contributed by atoms with Crippen LogP contribution in [-0.2, 0) is 0 Å². The molecule has 1 amide bonds. The molecule has 6 heteroatoms. The third kappa shape index (κ3) is 3.26. The lowest BCUT2D eigenvalue weighted by atomic mass is 10.1. The van der Waals surface area contributed by atoms with Crippen LogP contribution in [0.4, 0.5) is 10.1 Å². The van der Waals surface area contributed by atoms with E-state index in [-0.39, 0.29) is 22.1 Å². The predicted octanol–water partition coefficient (Wildman–Crippen LogP) is 3.94. The maximum atomic E-state index is 13.8. The average Bonchev–Trinajstić information content (AvgIpc) is 2.46. The summed E-state index contributed by atoms with van der Waals surface area (Å²) in [6.45, 7) is 1.40. The topological polar surface area (TPSA) is 55.4 Å². The van der Waals surface area contributed by atoms with Gasteiger partial charge in [-0.1, -0.05) is 17.7 Å². The van der Waals surface area contributed by atoms with Crippen molar-refractivity contribution >= 4 is 29.0 Å². The molecule has 0 fully saturated rings. The summed E-state index contributed by atoms with van der Waals surface area (Å²) in [5, 5.41) is 2.51. The van der Waals surface area contributed by atoms with Gasteiger partial charge in [-0.2, -0.15) is 0 Å². The van der Waals surface area contributed by atoms with Gasteiger partial charge in [-0.25, -0.2) is 4.39 Å². The highest BCUT2D eigenvalue weighted by Crippen LogP contribution is 2.28. The lowest BCUT2D eigenvalue weighted by Gasteiger charge is -2.12. The van der Waals surface area contributed by atoms with E-state index in [9.17, 15) is 14.0 Å². The van der Waals surface area contributed by atoms with Gasteiger partial charge in [0.05, 0.1) is 23.4 Å². The summed E-state index contributed by atoms with van der Waals surface area (Å²) in [6.07, 6.45) is 0. The van der Waals surface area contributed by atoms with Gasteiger partial charge in [0.25, 0.3) is 5.91 Å². The largest absolute Gasteiger partial charge is 0.495 e. The fourth-order valence-corrected chi connectivity index (χ4v) is 2.17. The highest BCUT2D eigenvalue weighted by Gasteiger charge is 2.18. The van der Waals surface area contributed by atoms with Crippen molar-refractivity contribution in [3.63, 3.8) is 0 Å². The Morgan fingerprint density at radius 2 is 1.95 bits per heavy atom. The zero-order valence-electron chi connectivity index (χ0n) is 11.9. The number of hydrogen-bond donors (Lipinski definition) is 1. The number of methoxy groups -OCH3 is 1. The second-order valence-electron chi connectivity index (χ2n) is 4.52. The molecule has 22 heavy (non-hydrogen) atoms. The van der Waals surface area contributed by atoms with Crippen LogP contribution < -0.4 is 10.1 Å². The molecule has 0 radical (unpaired) electrons. The van der Waals surface area contributed by atoms with Crippen LogP contribution in [0.3, 0.4) is 0 Å². The second kappa shape index (κ2) is 6.58. The summed E-state index contributed by atoms with van der Waals surface area (Å²) in [7, 11) is 1.43. The van der Waals surface area contributed by atoms with Crippen molar-refractivity contribution in [3.05, 3.63) is 58.4 Å². The van der Waals surface area contributed by atoms with Gasteiger partial charge in [0.2, 0.25) is 0 Å². The number of ether oxygens (including phenoxy) is 1. The van der Waals surface area contributed by atoms with E-state index in [1.54, 1.807) is 12.1 Å². The van der Waals surface area contributed by atoms with E-state index in [1.165, 1.54) is 32.2 Å². The zero-order valence-corrected chi connectivity index (χ0v) is 12.7. The number of rotatable bonds is 4. The Kier molecular flexibility index (Phi) is 4.78. The summed E-state index contributed by atoms with van der Waals surface area (Å²) in [4.78, 5) is 23.7. The molecule has 0 saturated carbocycles. The Morgan fingerprint density at radius 1 is 1.23 bits per heavy atom. The monoisotopic (exact) mass is 321 g/mol. The van der Waals surface area contributed by atoms with E-state index in [4.69, 9.17) is 16.3 Å². The molecule has 4 nitrogen and oxygen atoms in total. The minimum Gasteiger partial charge on any atom is -0.495 e. The number of ketones is 1. The molecule has 1 N–H and O–H groups in total. The van der Waals surface area contributed by atoms with Crippen molar-refractivity contribution < 1.29 is 18.7 Å². The van der Waals surface area contributed by atoms with Crippen molar-refractivity contribution in [2.45, 2.75) is 6.92 Å². The summed E-state index contributed by atoms with van der Waals surface area (Å²) in [6, 6.07) is 8.56. The van der Waals surface area contributed by atoms with Gasteiger partial charge in [0, 0.05) is 5.56 Å². The van der Waals surface area contributed by atoms with Crippen LogP contribution in [0.25, 0.3) is 0 Å². The first-order chi connectivity index (χ1) is 10.4. The Balaban J connectivity index is 2.39. The fraction of sp³-hybridized carbons (Fsp3) is 0.125. The molecule has 114 valence electrons. The van der Waals surface area contributed by atoms with E-state index in [0.717, 1.165) is 6.07 Å².